The van der Waals surface area contributed by atoms with Gasteiger partial charge in [-0.1, -0.05) is 0 Å². The van der Waals surface area contributed by atoms with E-state index < -0.39 is 92.0 Å². The number of carbonyl (C=O) groups excluding carboxylic acids is 1. The molecule has 240 valence electrons. The van der Waals surface area contributed by atoms with Crippen LogP contribution in [0.2, 0.25) is 0 Å². The molecule has 17 heteroatoms. The highest BCUT2D eigenvalue weighted by Gasteiger charge is 2.51. The van der Waals surface area contributed by atoms with E-state index in [1.165, 1.54) is 0 Å². The summed E-state index contributed by atoms with van der Waals surface area (Å²) < 4.78 is 23.6. The van der Waals surface area contributed by atoms with Crippen molar-refractivity contribution in [2.45, 2.75) is 111 Å². The quantitative estimate of drug-likeness (QED) is 0.0879. The lowest BCUT2D eigenvalue weighted by molar-refractivity contribution is -0.314. The first kappa shape index (κ1) is 34.4. The van der Waals surface area contributed by atoms with Crippen molar-refractivity contribution in [3.8, 4) is 0 Å². The van der Waals surface area contributed by atoms with Crippen LogP contribution in [0.25, 0.3) is 0 Å². The first-order chi connectivity index (χ1) is 19.5. The molecule has 1 saturated carbocycles. The summed E-state index contributed by atoms with van der Waals surface area (Å²) >= 11 is 0. The van der Waals surface area contributed by atoms with Gasteiger partial charge in [-0.3, -0.25) is 4.79 Å². The van der Waals surface area contributed by atoms with Crippen LogP contribution >= 0.6 is 0 Å². The molecule has 0 aromatic heterocycles. The Kier molecular flexibility index (Phi) is 13.5. The van der Waals surface area contributed by atoms with Gasteiger partial charge in [-0.15, -0.1) is 0 Å². The highest BCUT2D eigenvalue weighted by atomic mass is 16.7. The molecule has 1 amide bonds. The van der Waals surface area contributed by atoms with Crippen LogP contribution in [0.15, 0.2) is 0 Å². The molecular weight excluding hydrogens is 548 g/mol. The van der Waals surface area contributed by atoms with Crippen LogP contribution in [0.3, 0.4) is 0 Å². The number of nitrogens with two attached hydrogens (primary N) is 4. The van der Waals surface area contributed by atoms with Crippen LogP contribution in [-0.2, 0) is 23.7 Å². The second-order valence-electron chi connectivity index (χ2n) is 10.9. The monoisotopic (exact) mass is 596 g/mol. The fraction of sp³-hybridized carbons (Fsp3) is 0.958. The average Bonchev–Trinajstić information content (AvgIpc) is 2.94. The molecular formula is C24H48N6O11. The van der Waals surface area contributed by atoms with Gasteiger partial charge in [0.25, 0.3) is 0 Å². The summed E-state index contributed by atoms with van der Waals surface area (Å²) in [6.45, 7) is 0.247. The van der Waals surface area contributed by atoms with Gasteiger partial charge in [0.05, 0.1) is 37.4 Å². The number of hydrogen-bond acceptors (Lipinski definition) is 16. The van der Waals surface area contributed by atoms with Gasteiger partial charge in [0.15, 0.2) is 12.6 Å². The topological polar surface area (TPSA) is 304 Å². The number of amides is 1. The van der Waals surface area contributed by atoms with Gasteiger partial charge in [0.1, 0.15) is 42.7 Å². The second kappa shape index (κ2) is 16.1. The van der Waals surface area contributed by atoms with Crippen molar-refractivity contribution < 1.29 is 54.4 Å². The molecule has 0 aromatic rings. The van der Waals surface area contributed by atoms with Gasteiger partial charge in [-0.25, -0.2) is 0 Å². The van der Waals surface area contributed by atoms with E-state index in [1.54, 1.807) is 0 Å². The summed E-state index contributed by atoms with van der Waals surface area (Å²) in [5.74, 6) is -0.769. The van der Waals surface area contributed by atoms with Crippen molar-refractivity contribution in [3.05, 3.63) is 0 Å². The molecule has 2 heterocycles. The Hall–Kier alpha value is -1.13. The minimum Gasteiger partial charge on any atom is -0.395 e. The van der Waals surface area contributed by atoms with E-state index in [0.29, 0.717) is 25.9 Å². The number of aliphatic hydroxyl groups excluding tert-OH is 6. The Morgan fingerprint density at radius 3 is 2.32 bits per heavy atom. The molecule has 0 radical (unpaired) electrons. The van der Waals surface area contributed by atoms with Crippen LogP contribution in [0.5, 0.6) is 0 Å². The zero-order valence-electron chi connectivity index (χ0n) is 23.0. The number of hydrogen-bond donors (Lipinski definition) is 12. The zero-order valence-corrected chi connectivity index (χ0v) is 23.0. The predicted molar refractivity (Wildman–Crippen MR) is 142 cm³/mol. The molecule has 16 N–H and O–H groups in total. The number of ether oxygens (including phenoxy) is 4. The van der Waals surface area contributed by atoms with E-state index >= 15 is 0 Å². The smallest absolute Gasteiger partial charge is 0.249 e. The predicted octanol–water partition coefficient (Wildman–Crippen LogP) is -6.78. The van der Waals surface area contributed by atoms with Gasteiger partial charge < -0.3 is 83.2 Å². The maximum atomic E-state index is 12.6. The Bertz CT molecular complexity index is 803. The number of carbonyl (C=O) groups is 1. The molecule has 2 aliphatic heterocycles. The molecule has 0 bridgehead atoms. The van der Waals surface area contributed by atoms with E-state index in [1.807, 2.05) is 0 Å². The van der Waals surface area contributed by atoms with Crippen molar-refractivity contribution in [2.24, 2.45) is 22.9 Å². The van der Waals surface area contributed by atoms with Crippen molar-refractivity contribution in [3.63, 3.8) is 0 Å². The first-order valence-corrected chi connectivity index (χ1v) is 14.1. The molecule has 2 saturated heterocycles. The fourth-order valence-electron chi connectivity index (χ4n) is 5.34. The van der Waals surface area contributed by atoms with Crippen molar-refractivity contribution in [2.75, 3.05) is 32.8 Å². The first-order valence-electron chi connectivity index (χ1n) is 14.1. The normalized spacial score (nSPS) is 42.5. The summed E-state index contributed by atoms with van der Waals surface area (Å²) in [6.07, 6.45) is -11.0. The molecule has 41 heavy (non-hydrogen) atoms. The van der Waals surface area contributed by atoms with Gasteiger partial charge in [-0.05, 0) is 32.2 Å². The van der Waals surface area contributed by atoms with Crippen LogP contribution in [0.4, 0.5) is 0 Å². The number of nitrogens with one attached hydrogen (secondary N) is 2. The molecule has 14 atom stereocenters. The Morgan fingerprint density at radius 2 is 1.66 bits per heavy atom. The fourth-order valence-corrected chi connectivity index (χ4v) is 5.34. The largest absolute Gasteiger partial charge is 0.395 e. The number of aliphatic hydroxyl groups is 6. The lowest BCUT2D eigenvalue weighted by Gasteiger charge is -2.48. The third-order valence-corrected chi connectivity index (χ3v) is 7.77. The van der Waals surface area contributed by atoms with Gasteiger partial charge in [0.2, 0.25) is 5.91 Å². The summed E-state index contributed by atoms with van der Waals surface area (Å²) in [4.78, 5) is 12.6. The Labute approximate surface area is 238 Å². The lowest BCUT2D eigenvalue weighted by atomic mass is 9.83. The highest BCUT2D eigenvalue weighted by molar-refractivity contribution is 5.80. The van der Waals surface area contributed by atoms with Crippen LogP contribution in [0, 0.1) is 0 Å². The van der Waals surface area contributed by atoms with E-state index in [9.17, 15) is 30.3 Å². The molecule has 0 aromatic carbocycles. The average molecular weight is 597 g/mol. The molecule has 1 aliphatic carbocycles. The van der Waals surface area contributed by atoms with E-state index in [-0.39, 0.29) is 32.1 Å². The van der Waals surface area contributed by atoms with E-state index in [2.05, 4.69) is 10.6 Å². The van der Waals surface area contributed by atoms with Crippen molar-refractivity contribution in [1.82, 2.24) is 10.6 Å². The molecule has 3 fully saturated rings. The minimum absolute atomic E-state index is 0.00890. The lowest BCUT2D eigenvalue weighted by Crippen LogP contribution is -2.69. The van der Waals surface area contributed by atoms with Crippen molar-refractivity contribution in [1.29, 1.82) is 0 Å². The maximum Gasteiger partial charge on any atom is 0.249 e. The van der Waals surface area contributed by atoms with Gasteiger partial charge in [0, 0.05) is 19.1 Å². The standard InChI is InChI=1S/C24H48N6O11/c25-4-3-14(33)22(37)30-13-7-12(27)20(40-23-11(26)2-1-10(38-23)8-29-5-6-31)19(36)21(13)41-24-18(35)16(28)17(34)15(9-32)39-24/h10-21,23-24,29,31-36H,1-9,25-28H2,(H,30,37). The zero-order chi connectivity index (χ0) is 30.3. The molecule has 0 spiro atoms. The Balaban J connectivity index is 1.79. The second-order valence-corrected chi connectivity index (χ2v) is 10.9. The molecule has 14 unspecified atom stereocenters. The van der Waals surface area contributed by atoms with Gasteiger partial charge >= 0.3 is 0 Å². The molecule has 3 aliphatic rings. The van der Waals surface area contributed by atoms with E-state index in [0.717, 1.165) is 0 Å². The molecule has 17 nitrogen and oxygen atoms in total. The van der Waals surface area contributed by atoms with Crippen LogP contribution in [0.1, 0.15) is 25.7 Å². The van der Waals surface area contributed by atoms with Crippen LogP contribution < -0.4 is 33.6 Å². The SMILES string of the molecule is NCCC(O)C(=O)NC1CC(N)C(OC2OC(CNCCO)CCC2N)C(O)C1OC1OC(CO)C(O)C(N)C1O. The highest BCUT2D eigenvalue weighted by Crippen LogP contribution is 2.31. The summed E-state index contributed by atoms with van der Waals surface area (Å²) in [5.41, 5.74) is 24.0. The molecule has 3 rings (SSSR count). The van der Waals surface area contributed by atoms with Gasteiger partial charge in [-0.2, -0.15) is 0 Å². The summed E-state index contributed by atoms with van der Waals surface area (Å²) in [7, 11) is 0. The van der Waals surface area contributed by atoms with Crippen molar-refractivity contribution >= 4 is 5.91 Å². The summed E-state index contributed by atoms with van der Waals surface area (Å²) in [6, 6.07) is -3.61. The summed E-state index contributed by atoms with van der Waals surface area (Å²) in [5, 5.41) is 66.7. The van der Waals surface area contributed by atoms with Crippen LogP contribution in [-0.4, -0.2) is 155 Å². The Morgan fingerprint density at radius 1 is 0.951 bits per heavy atom. The minimum atomic E-state index is -1.56. The third kappa shape index (κ3) is 8.71. The number of rotatable bonds is 13. The van der Waals surface area contributed by atoms with E-state index in [4.69, 9.17) is 47.0 Å². The maximum absolute atomic E-state index is 12.6. The third-order valence-electron chi connectivity index (χ3n) is 7.77.